The maximum atomic E-state index is 12.8. The van der Waals surface area contributed by atoms with Gasteiger partial charge < -0.3 is 14.6 Å². The molecular weight excluding hydrogens is 292 g/mol. The molecule has 1 aliphatic carbocycles. The number of likely N-dealkylation sites (tertiary alicyclic amines) is 1. The number of nitrogens with zero attached hydrogens (tertiary/aromatic N) is 2. The Balaban J connectivity index is 1.78. The van der Waals surface area contributed by atoms with Crippen LogP contribution in [0.4, 0.5) is 0 Å². The normalized spacial score (nSPS) is 25.9. The first kappa shape index (κ1) is 14.4. The van der Waals surface area contributed by atoms with Crippen molar-refractivity contribution in [3.8, 4) is 0 Å². The molecule has 2 aliphatic rings. The molecule has 2 heterocycles. The monoisotopic (exact) mass is 310 g/mol. The van der Waals surface area contributed by atoms with Crippen LogP contribution in [0.5, 0.6) is 0 Å². The zero-order chi connectivity index (χ0) is 15.1. The van der Waals surface area contributed by atoms with Crippen molar-refractivity contribution in [3.05, 3.63) is 23.0 Å². The number of carbonyl (C=O) groups is 2. The van der Waals surface area contributed by atoms with Crippen LogP contribution in [-0.2, 0) is 4.79 Å². The first-order valence-electron chi connectivity index (χ1n) is 7.38. The molecular formula is C15H19ClN2O3. The highest BCUT2D eigenvalue weighted by molar-refractivity contribution is 6.31. The number of rotatable bonds is 3. The van der Waals surface area contributed by atoms with Crippen LogP contribution in [0.25, 0.3) is 0 Å². The van der Waals surface area contributed by atoms with Gasteiger partial charge in [0.2, 0.25) is 0 Å². The van der Waals surface area contributed by atoms with E-state index in [1.165, 1.54) is 0 Å². The first-order valence-corrected chi connectivity index (χ1v) is 7.76. The number of hydrogen-bond acceptors (Lipinski definition) is 2. The molecule has 1 N–H and O–H groups in total. The molecule has 1 aromatic rings. The molecule has 0 bridgehead atoms. The summed E-state index contributed by atoms with van der Waals surface area (Å²) in [6, 6.07) is 2.05. The average Bonchev–Trinajstić information content (AvgIpc) is 3.20. The van der Waals surface area contributed by atoms with Gasteiger partial charge in [0.05, 0.1) is 10.9 Å². The molecule has 2 atom stereocenters. The van der Waals surface area contributed by atoms with Crippen molar-refractivity contribution < 1.29 is 14.7 Å². The summed E-state index contributed by atoms with van der Waals surface area (Å²) in [4.78, 5) is 25.6. The second-order valence-electron chi connectivity index (χ2n) is 6.09. The van der Waals surface area contributed by atoms with Gasteiger partial charge in [0.15, 0.2) is 0 Å². The lowest BCUT2D eigenvalue weighted by Crippen LogP contribution is -2.46. The second kappa shape index (κ2) is 5.37. The first-order chi connectivity index (χ1) is 9.97. The number of halogens is 1. The Morgan fingerprint density at radius 1 is 1.33 bits per heavy atom. The Hall–Kier alpha value is -1.49. The molecule has 1 amide bonds. The van der Waals surface area contributed by atoms with Crippen LogP contribution >= 0.6 is 11.6 Å². The average molecular weight is 311 g/mol. The highest BCUT2D eigenvalue weighted by atomic mass is 35.5. The predicted molar refractivity (Wildman–Crippen MR) is 78.6 cm³/mol. The molecule has 3 rings (SSSR count). The maximum absolute atomic E-state index is 12.8. The number of hydrogen-bond donors (Lipinski definition) is 1. The highest BCUT2D eigenvalue weighted by Gasteiger charge is 2.35. The van der Waals surface area contributed by atoms with Crippen molar-refractivity contribution >= 4 is 23.5 Å². The third-order valence-corrected chi connectivity index (χ3v) is 4.67. The number of carboxylic acid groups (broad SMARTS) is 1. The molecule has 1 aromatic heterocycles. The Morgan fingerprint density at radius 2 is 2.05 bits per heavy atom. The summed E-state index contributed by atoms with van der Waals surface area (Å²) in [5.74, 6) is -1.15. The Labute approximate surface area is 128 Å². The number of carbonyl (C=O) groups excluding carboxylic acids is 1. The fourth-order valence-electron chi connectivity index (χ4n) is 3.12. The van der Waals surface area contributed by atoms with Gasteiger partial charge in [-0.05, 0) is 38.7 Å². The van der Waals surface area contributed by atoms with Crippen LogP contribution in [0, 0.1) is 5.92 Å². The highest BCUT2D eigenvalue weighted by Crippen LogP contribution is 2.38. The molecule has 0 radical (unpaired) electrons. The second-order valence-corrected chi connectivity index (χ2v) is 6.53. The van der Waals surface area contributed by atoms with Crippen molar-refractivity contribution in [2.45, 2.75) is 44.7 Å². The molecule has 2 fully saturated rings. The van der Waals surface area contributed by atoms with E-state index in [0.29, 0.717) is 36.1 Å². The summed E-state index contributed by atoms with van der Waals surface area (Å²) in [5, 5.41) is 9.68. The Morgan fingerprint density at radius 3 is 2.62 bits per heavy atom. The lowest BCUT2D eigenvalue weighted by Gasteiger charge is -2.36. The lowest BCUT2D eigenvalue weighted by molar-refractivity contribution is -0.143. The largest absolute Gasteiger partial charge is 0.481 e. The molecule has 1 saturated carbocycles. The molecule has 2 unspecified atom stereocenters. The summed E-state index contributed by atoms with van der Waals surface area (Å²) in [6.45, 7) is 2.41. The fourth-order valence-corrected chi connectivity index (χ4v) is 3.33. The zero-order valence-electron chi connectivity index (χ0n) is 12.0. The van der Waals surface area contributed by atoms with Crippen molar-refractivity contribution in [3.63, 3.8) is 0 Å². The lowest BCUT2D eigenvalue weighted by atomic mass is 9.91. The maximum Gasteiger partial charge on any atom is 0.306 e. The van der Waals surface area contributed by atoms with Gasteiger partial charge in [0.25, 0.3) is 5.91 Å². The predicted octanol–water partition coefficient (Wildman–Crippen LogP) is 2.80. The van der Waals surface area contributed by atoms with Crippen molar-refractivity contribution in [2.24, 2.45) is 5.92 Å². The third kappa shape index (κ3) is 2.79. The van der Waals surface area contributed by atoms with Gasteiger partial charge in [-0.15, -0.1) is 0 Å². The molecule has 21 heavy (non-hydrogen) atoms. The van der Waals surface area contributed by atoms with E-state index in [1.54, 1.807) is 11.0 Å². The van der Waals surface area contributed by atoms with Crippen LogP contribution < -0.4 is 0 Å². The van der Waals surface area contributed by atoms with E-state index in [9.17, 15) is 9.59 Å². The van der Waals surface area contributed by atoms with Gasteiger partial charge >= 0.3 is 5.97 Å². The van der Waals surface area contributed by atoms with E-state index in [0.717, 1.165) is 12.8 Å². The minimum absolute atomic E-state index is 0.0369. The van der Waals surface area contributed by atoms with Gasteiger partial charge in [0.1, 0.15) is 5.69 Å². The van der Waals surface area contributed by atoms with E-state index in [4.69, 9.17) is 16.7 Å². The zero-order valence-corrected chi connectivity index (χ0v) is 12.7. The smallest absolute Gasteiger partial charge is 0.306 e. The Kier molecular flexibility index (Phi) is 3.69. The molecule has 1 saturated heterocycles. The molecule has 0 aromatic carbocycles. The molecule has 114 valence electrons. The summed E-state index contributed by atoms with van der Waals surface area (Å²) in [7, 11) is 0. The van der Waals surface area contributed by atoms with Crippen LogP contribution in [0.3, 0.4) is 0 Å². The standard InChI is InChI=1S/C15H19ClN2O3/c1-9-6-10(15(20)21)4-5-17(9)14(19)13-7-11(16)8-18(13)12-2-3-12/h7-10,12H,2-6H2,1H3,(H,20,21). The summed E-state index contributed by atoms with van der Waals surface area (Å²) < 4.78 is 1.97. The van der Waals surface area contributed by atoms with Crippen molar-refractivity contribution in [2.75, 3.05) is 6.54 Å². The number of carboxylic acids is 1. The van der Waals surface area contributed by atoms with Crippen LogP contribution in [0.2, 0.25) is 5.02 Å². The molecule has 0 spiro atoms. The minimum atomic E-state index is -0.765. The molecule has 6 heteroatoms. The van der Waals surface area contributed by atoms with Crippen molar-refractivity contribution in [1.82, 2.24) is 9.47 Å². The van der Waals surface area contributed by atoms with Crippen molar-refractivity contribution in [1.29, 1.82) is 0 Å². The van der Waals surface area contributed by atoms with Gasteiger partial charge in [-0.1, -0.05) is 11.6 Å². The van der Waals surface area contributed by atoms with Gasteiger partial charge in [-0.3, -0.25) is 9.59 Å². The molecule has 5 nitrogen and oxygen atoms in total. The van der Waals surface area contributed by atoms with Crippen LogP contribution in [-0.4, -0.2) is 39.0 Å². The van der Waals surface area contributed by atoms with E-state index in [-0.39, 0.29) is 17.9 Å². The number of aromatic nitrogens is 1. The van der Waals surface area contributed by atoms with Crippen LogP contribution in [0.15, 0.2) is 12.3 Å². The molecule has 1 aliphatic heterocycles. The van der Waals surface area contributed by atoms with E-state index < -0.39 is 5.97 Å². The number of amides is 1. The number of piperidine rings is 1. The van der Waals surface area contributed by atoms with E-state index in [1.807, 2.05) is 17.7 Å². The van der Waals surface area contributed by atoms with Gasteiger partial charge in [0, 0.05) is 24.8 Å². The fraction of sp³-hybridized carbons (Fsp3) is 0.600. The van der Waals surface area contributed by atoms with Gasteiger partial charge in [-0.25, -0.2) is 0 Å². The third-order valence-electron chi connectivity index (χ3n) is 4.46. The Bertz CT molecular complexity index is 579. The minimum Gasteiger partial charge on any atom is -0.481 e. The van der Waals surface area contributed by atoms with Gasteiger partial charge in [-0.2, -0.15) is 0 Å². The summed E-state index contributed by atoms with van der Waals surface area (Å²) in [6.07, 6.45) is 5.02. The SMILES string of the molecule is CC1CC(C(=O)O)CCN1C(=O)c1cc(Cl)cn1C1CC1. The topological polar surface area (TPSA) is 62.5 Å². The van der Waals surface area contributed by atoms with E-state index in [2.05, 4.69) is 0 Å². The quantitative estimate of drug-likeness (QED) is 0.933. The number of aliphatic carboxylic acids is 1. The van der Waals surface area contributed by atoms with E-state index >= 15 is 0 Å². The summed E-state index contributed by atoms with van der Waals surface area (Å²) >= 11 is 6.05. The van der Waals surface area contributed by atoms with Crippen LogP contribution in [0.1, 0.15) is 49.1 Å². The summed E-state index contributed by atoms with van der Waals surface area (Å²) in [5.41, 5.74) is 0.628.